The fraction of sp³-hybridized carbons (Fsp3) is 0.571. The molecular formula is C14H22O4. The Morgan fingerprint density at radius 3 is 2.44 bits per heavy atom. The van der Waals surface area contributed by atoms with Gasteiger partial charge in [0.1, 0.15) is 6.61 Å². The Hall–Kier alpha value is -1.26. The summed E-state index contributed by atoms with van der Waals surface area (Å²) in [4.78, 5) is 0. The molecule has 1 aromatic rings. The lowest BCUT2D eigenvalue weighted by molar-refractivity contribution is -0.0271. The summed E-state index contributed by atoms with van der Waals surface area (Å²) in [6, 6.07) is 5.23. The van der Waals surface area contributed by atoms with Crippen molar-refractivity contribution in [3.8, 4) is 11.5 Å². The maximum atomic E-state index is 10.1. The maximum absolute atomic E-state index is 10.1. The van der Waals surface area contributed by atoms with Crippen molar-refractivity contribution in [1.82, 2.24) is 0 Å². The van der Waals surface area contributed by atoms with Gasteiger partial charge in [-0.3, -0.25) is 0 Å². The van der Waals surface area contributed by atoms with Crippen molar-refractivity contribution in [2.24, 2.45) is 5.92 Å². The molecule has 0 spiro atoms. The number of benzene rings is 1. The Morgan fingerprint density at radius 2 is 1.94 bits per heavy atom. The summed E-state index contributed by atoms with van der Waals surface area (Å²) < 4.78 is 10.8. The summed E-state index contributed by atoms with van der Waals surface area (Å²) in [6.07, 6.45) is 0. The minimum atomic E-state index is -0.903. The monoisotopic (exact) mass is 254 g/mol. The zero-order valence-corrected chi connectivity index (χ0v) is 11.4. The summed E-state index contributed by atoms with van der Waals surface area (Å²) in [5, 5.41) is 19.2. The summed E-state index contributed by atoms with van der Waals surface area (Å²) in [6.45, 7) is 5.73. The molecule has 0 aliphatic heterocycles. The van der Waals surface area contributed by atoms with Gasteiger partial charge in [-0.15, -0.1) is 0 Å². The molecule has 0 saturated heterocycles. The highest BCUT2D eigenvalue weighted by atomic mass is 16.5. The Morgan fingerprint density at radius 1 is 1.28 bits per heavy atom. The molecule has 102 valence electrons. The number of methoxy groups -OCH3 is 1. The summed E-state index contributed by atoms with van der Waals surface area (Å²) in [5.41, 5.74) is -0.157. The summed E-state index contributed by atoms with van der Waals surface area (Å²) in [7, 11) is 1.56. The van der Waals surface area contributed by atoms with Crippen molar-refractivity contribution >= 4 is 0 Å². The smallest absolute Gasteiger partial charge is 0.161 e. The Bertz CT molecular complexity index is 385. The van der Waals surface area contributed by atoms with Gasteiger partial charge in [0.2, 0.25) is 0 Å². The zero-order valence-electron chi connectivity index (χ0n) is 11.4. The van der Waals surface area contributed by atoms with Crippen LogP contribution in [0.2, 0.25) is 0 Å². The van der Waals surface area contributed by atoms with Crippen molar-refractivity contribution in [3.05, 3.63) is 23.8 Å². The van der Waals surface area contributed by atoms with Crippen LogP contribution in [0.1, 0.15) is 26.3 Å². The van der Waals surface area contributed by atoms with Gasteiger partial charge in [-0.1, -0.05) is 19.9 Å². The molecule has 18 heavy (non-hydrogen) atoms. The second-order valence-corrected chi connectivity index (χ2v) is 4.94. The van der Waals surface area contributed by atoms with Gasteiger partial charge in [-0.2, -0.15) is 0 Å². The standard InChI is InChI=1S/C14H22O4/c1-10(2)14(3,16)9-18-13-7-11(8-15)5-6-12(13)17-4/h5-7,10,15-16H,8-9H2,1-4H3. The first-order valence-electron chi connectivity index (χ1n) is 6.03. The van der Waals surface area contributed by atoms with Crippen LogP contribution in [0.3, 0.4) is 0 Å². The van der Waals surface area contributed by atoms with Crippen molar-refractivity contribution in [2.75, 3.05) is 13.7 Å². The second-order valence-electron chi connectivity index (χ2n) is 4.94. The number of ether oxygens (including phenoxy) is 2. The van der Waals surface area contributed by atoms with E-state index in [0.717, 1.165) is 5.56 Å². The van der Waals surface area contributed by atoms with Crippen LogP contribution in [0.4, 0.5) is 0 Å². The Kier molecular flexibility index (Phi) is 4.99. The van der Waals surface area contributed by atoms with Gasteiger partial charge in [0.15, 0.2) is 11.5 Å². The van der Waals surface area contributed by atoms with Crippen LogP contribution in [0.15, 0.2) is 18.2 Å². The van der Waals surface area contributed by atoms with E-state index in [4.69, 9.17) is 14.6 Å². The Balaban J connectivity index is 2.83. The lowest BCUT2D eigenvalue weighted by Crippen LogP contribution is -2.37. The summed E-state index contributed by atoms with van der Waals surface area (Å²) in [5.74, 6) is 1.21. The van der Waals surface area contributed by atoms with Gasteiger partial charge >= 0.3 is 0 Å². The molecule has 0 radical (unpaired) electrons. The first kappa shape index (κ1) is 14.8. The number of hydrogen-bond donors (Lipinski definition) is 2. The van der Waals surface area contributed by atoms with Crippen LogP contribution >= 0.6 is 0 Å². The van der Waals surface area contributed by atoms with Crippen molar-refractivity contribution in [3.63, 3.8) is 0 Å². The van der Waals surface area contributed by atoms with Crippen molar-refractivity contribution in [2.45, 2.75) is 33.0 Å². The third kappa shape index (κ3) is 3.62. The molecular weight excluding hydrogens is 232 g/mol. The van der Waals surface area contributed by atoms with E-state index in [1.807, 2.05) is 13.8 Å². The molecule has 0 aliphatic carbocycles. The average Bonchev–Trinajstić information content (AvgIpc) is 2.35. The van der Waals surface area contributed by atoms with Crippen LogP contribution in [-0.2, 0) is 6.61 Å². The number of rotatable bonds is 6. The van der Waals surface area contributed by atoms with Gasteiger partial charge in [0.25, 0.3) is 0 Å². The van der Waals surface area contributed by atoms with E-state index >= 15 is 0 Å². The largest absolute Gasteiger partial charge is 0.493 e. The van der Waals surface area contributed by atoms with Crippen LogP contribution in [0, 0.1) is 5.92 Å². The fourth-order valence-corrected chi connectivity index (χ4v) is 1.32. The molecule has 0 fully saturated rings. The van der Waals surface area contributed by atoms with Gasteiger partial charge in [-0.05, 0) is 30.5 Å². The van der Waals surface area contributed by atoms with Gasteiger partial charge in [0, 0.05) is 0 Å². The molecule has 1 aromatic carbocycles. The third-order valence-electron chi connectivity index (χ3n) is 3.17. The van der Waals surface area contributed by atoms with E-state index in [0.29, 0.717) is 11.5 Å². The Labute approximate surface area is 108 Å². The fourth-order valence-electron chi connectivity index (χ4n) is 1.32. The number of aliphatic hydroxyl groups excluding tert-OH is 1. The zero-order chi connectivity index (χ0) is 13.8. The normalized spacial score (nSPS) is 14.4. The predicted octanol–water partition coefficient (Wildman–Crippen LogP) is 1.97. The van der Waals surface area contributed by atoms with E-state index in [1.54, 1.807) is 32.2 Å². The molecule has 1 atom stereocenters. The number of hydrogen-bond acceptors (Lipinski definition) is 4. The van der Waals surface area contributed by atoms with E-state index in [9.17, 15) is 5.11 Å². The molecule has 0 amide bonds. The molecule has 4 nitrogen and oxygen atoms in total. The molecule has 1 unspecified atom stereocenters. The highest BCUT2D eigenvalue weighted by Crippen LogP contribution is 2.29. The number of aliphatic hydroxyl groups is 2. The molecule has 0 aromatic heterocycles. The lowest BCUT2D eigenvalue weighted by Gasteiger charge is -2.27. The molecule has 4 heteroatoms. The highest BCUT2D eigenvalue weighted by molar-refractivity contribution is 5.42. The van der Waals surface area contributed by atoms with Crippen molar-refractivity contribution < 1.29 is 19.7 Å². The third-order valence-corrected chi connectivity index (χ3v) is 3.17. The van der Waals surface area contributed by atoms with Gasteiger partial charge in [0.05, 0.1) is 19.3 Å². The highest BCUT2D eigenvalue weighted by Gasteiger charge is 2.26. The van der Waals surface area contributed by atoms with Crippen LogP contribution in [0.25, 0.3) is 0 Å². The quantitative estimate of drug-likeness (QED) is 0.815. The molecule has 2 N–H and O–H groups in total. The minimum absolute atomic E-state index is 0.0546. The molecule has 1 rings (SSSR count). The molecule has 0 heterocycles. The lowest BCUT2D eigenvalue weighted by atomic mass is 9.94. The van der Waals surface area contributed by atoms with Crippen LogP contribution in [-0.4, -0.2) is 29.5 Å². The van der Waals surface area contributed by atoms with E-state index < -0.39 is 5.60 Å². The van der Waals surface area contributed by atoms with Crippen molar-refractivity contribution in [1.29, 1.82) is 0 Å². The van der Waals surface area contributed by atoms with Crippen LogP contribution in [0.5, 0.6) is 11.5 Å². The topological polar surface area (TPSA) is 58.9 Å². The second kappa shape index (κ2) is 6.07. The molecule has 0 saturated carbocycles. The predicted molar refractivity (Wildman–Crippen MR) is 69.9 cm³/mol. The van der Waals surface area contributed by atoms with Crippen LogP contribution < -0.4 is 9.47 Å². The maximum Gasteiger partial charge on any atom is 0.161 e. The van der Waals surface area contributed by atoms with E-state index in [-0.39, 0.29) is 19.1 Å². The molecule has 0 bridgehead atoms. The van der Waals surface area contributed by atoms with E-state index in [2.05, 4.69) is 0 Å². The SMILES string of the molecule is COc1ccc(CO)cc1OCC(C)(O)C(C)C. The van der Waals surface area contributed by atoms with Gasteiger partial charge < -0.3 is 19.7 Å². The summed E-state index contributed by atoms with van der Waals surface area (Å²) >= 11 is 0. The minimum Gasteiger partial charge on any atom is -0.493 e. The first-order chi connectivity index (χ1) is 8.40. The van der Waals surface area contributed by atoms with E-state index in [1.165, 1.54) is 0 Å². The van der Waals surface area contributed by atoms with Gasteiger partial charge in [-0.25, -0.2) is 0 Å². The first-order valence-corrected chi connectivity index (χ1v) is 6.03. The molecule has 0 aliphatic rings. The average molecular weight is 254 g/mol.